The lowest BCUT2D eigenvalue weighted by Crippen LogP contribution is -2.26. The average molecular weight is 264 g/mol. The van der Waals surface area contributed by atoms with Crippen LogP contribution in [0.25, 0.3) is 0 Å². The molecule has 4 nitrogen and oxygen atoms in total. The number of hydrogen-bond donors (Lipinski definition) is 0. The first-order chi connectivity index (χ1) is 8.62. The Balaban J connectivity index is 2.07. The van der Waals surface area contributed by atoms with Gasteiger partial charge in [-0.2, -0.15) is 5.26 Å². The maximum atomic E-state index is 12.1. The van der Waals surface area contributed by atoms with Crippen LogP contribution in [0.1, 0.15) is 18.4 Å². The zero-order valence-corrected chi connectivity index (χ0v) is 11.0. The minimum atomic E-state index is -3.27. The molecule has 0 aliphatic carbocycles. The molecule has 1 aromatic rings. The largest absolute Gasteiger partial charge is 0.302 e. The summed E-state index contributed by atoms with van der Waals surface area (Å²) in [6.07, 6.45) is 2.31. The Kier molecular flexibility index (Phi) is 4.00. The highest BCUT2D eigenvalue weighted by Gasteiger charge is 2.18. The molecule has 0 radical (unpaired) electrons. The number of hydrogen-bond acceptors (Lipinski definition) is 4. The lowest BCUT2D eigenvalue weighted by Gasteiger charge is -2.14. The van der Waals surface area contributed by atoms with E-state index in [0.29, 0.717) is 12.1 Å². The molecule has 0 amide bonds. The van der Waals surface area contributed by atoms with Crippen LogP contribution in [0.5, 0.6) is 0 Å². The van der Waals surface area contributed by atoms with Gasteiger partial charge in [0.2, 0.25) is 0 Å². The van der Waals surface area contributed by atoms with Gasteiger partial charge in [-0.25, -0.2) is 8.42 Å². The first kappa shape index (κ1) is 13.1. The van der Waals surface area contributed by atoms with Crippen LogP contribution in [0, 0.1) is 11.3 Å². The molecular formula is C13H16N2O2S. The molecule has 1 heterocycles. The smallest absolute Gasteiger partial charge is 0.179 e. The highest BCUT2D eigenvalue weighted by Crippen LogP contribution is 2.14. The first-order valence-corrected chi connectivity index (χ1v) is 7.72. The van der Waals surface area contributed by atoms with Crippen LogP contribution < -0.4 is 0 Å². The second-order valence-corrected chi connectivity index (χ2v) is 6.62. The highest BCUT2D eigenvalue weighted by atomic mass is 32.2. The van der Waals surface area contributed by atoms with Gasteiger partial charge in [-0.15, -0.1) is 0 Å². The van der Waals surface area contributed by atoms with Gasteiger partial charge in [0, 0.05) is 6.54 Å². The molecule has 0 unspecified atom stereocenters. The van der Waals surface area contributed by atoms with Crippen molar-refractivity contribution in [3.8, 4) is 6.07 Å². The highest BCUT2D eigenvalue weighted by molar-refractivity contribution is 7.91. The van der Waals surface area contributed by atoms with Crippen molar-refractivity contribution in [2.45, 2.75) is 17.7 Å². The van der Waals surface area contributed by atoms with E-state index in [-0.39, 0.29) is 10.6 Å². The van der Waals surface area contributed by atoms with Gasteiger partial charge in [0.15, 0.2) is 9.84 Å². The van der Waals surface area contributed by atoms with E-state index < -0.39 is 9.84 Å². The molecule has 0 spiro atoms. The van der Waals surface area contributed by atoms with Gasteiger partial charge in [0.25, 0.3) is 0 Å². The van der Waals surface area contributed by atoms with Crippen molar-refractivity contribution in [1.82, 2.24) is 4.90 Å². The maximum absolute atomic E-state index is 12.1. The first-order valence-electron chi connectivity index (χ1n) is 6.07. The van der Waals surface area contributed by atoms with Gasteiger partial charge in [-0.05, 0) is 44.1 Å². The number of nitriles is 1. The molecule has 1 aromatic carbocycles. The zero-order chi connectivity index (χ0) is 13.0. The van der Waals surface area contributed by atoms with Crippen molar-refractivity contribution in [2.24, 2.45) is 0 Å². The van der Waals surface area contributed by atoms with Gasteiger partial charge in [-0.1, -0.05) is 6.07 Å². The van der Waals surface area contributed by atoms with E-state index in [9.17, 15) is 8.42 Å². The molecule has 0 aromatic heterocycles. The van der Waals surface area contributed by atoms with Gasteiger partial charge in [0.1, 0.15) is 0 Å². The summed E-state index contributed by atoms with van der Waals surface area (Å²) in [6.45, 7) is 2.57. The van der Waals surface area contributed by atoms with Crippen LogP contribution in [-0.2, 0) is 9.84 Å². The molecule has 2 rings (SSSR count). The Morgan fingerprint density at radius 1 is 1.28 bits per heavy atom. The van der Waals surface area contributed by atoms with Gasteiger partial charge >= 0.3 is 0 Å². The molecule has 0 bridgehead atoms. The predicted molar refractivity (Wildman–Crippen MR) is 68.9 cm³/mol. The number of likely N-dealkylation sites (tertiary alicyclic amines) is 1. The third kappa shape index (κ3) is 3.09. The molecule has 1 saturated heterocycles. The standard InChI is InChI=1S/C13H16N2O2S/c14-11-12-4-3-5-13(10-12)18(16,17)9-8-15-6-1-2-7-15/h3-5,10H,1-2,6-9H2. The van der Waals surface area contributed by atoms with Crippen LogP contribution in [-0.4, -0.2) is 38.7 Å². The van der Waals surface area contributed by atoms with Crippen molar-refractivity contribution in [3.05, 3.63) is 29.8 Å². The fourth-order valence-corrected chi connectivity index (χ4v) is 3.46. The van der Waals surface area contributed by atoms with Crippen LogP contribution in [0.15, 0.2) is 29.2 Å². The normalized spacial score (nSPS) is 16.6. The fraction of sp³-hybridized carbons (Fsp3) is 0.462. The van der Waals surface area contributed by atoms with Crippen LogP contribution in [0.3, 0.4) is 0 Å². The molecule has 18 heavy (non-hydrogen) atoms. The second kappa shape index (κ2) is 5.51. The lowest BCUT2D eigenvalue weighted by molar-refractivity contribution is 0.359. The van der Waals surface area contributed by atoms with Crippen LogP contribution >= 0.6 is 0 Å². The third-order valence-corrected chi connectivity index (χ3v) is 4.89. The summed E-state index contributed by atoms with van der Waals surface area (Å²) in [5, 5.41) is 8.78. The summed E-state index contributed by atoms with van der Waals surface area (Å²) < 4.78 is 24.2. The van der Waals surface area contributed by atoms with E-state index in [0.717, 1.165) is 25.9 Å². The summed E-state index contributed by atoms with van der Waals surface area (Å²) >= 11 is 0. The Morgan fingerprint density at radius 2 is 2.00 bits per heavy atom. The van der Waals surface area contributed by atoms with E-state index in [1.807, 2.05) is 6.07 Å². The van der Waals surface area contributed by atoms with Gasteiger partial charge in [-0.3, -0.25) is 0 Å². The fourth-order valence-electron chi connectivity index (χ4n) is 2.13. The second-order valence-electron chi connectivity index (χ2n) is 4.51. The molecule has 96 valence electrons. The number of nitrogens with zero attached hydrogens (tertiary/aromatic N) is 2. The molecule has 0 N–H and O–H groups in total. The van der Waals surface area contributed by atoms with Crippen molar-refractivity contribution in [3.63, 3.8) is 0 Å². The van der Waals surface area contributed by atoms with Crippen molar-refractivity contribution < 1.29 is 8.42 Å². The van der Waals surface area contributed by atoms with Crippen molar-refractivity contribution in [1.29, 1.82) is 5.26 Å². The number of sulfone groups is 1. The molecule has 0 atom stereocenters. The quantitative estimate of drug-likeness (QED) is 0.825. The van der Waals surface area contributed by atoms with E-state index in [2.05, 4.69) is 4.90 Å². The zero-order valence-electron chi connectivity index (χ0n) is 10.2. The summed E-state index contributed by atoms with van der Waals surface area (Å²) in [7, 11) is -3.27. The van der Waals surface area contributed by atoms with Gasteiger partial charge < -0.3 is 4.90 Å². The van der Waals surface area contributed by atoms with Crippen LogP contribution in [0.4, 0.5) is 0 Å². The molecule has 5 heteroatoms. The van der Waals surface area contributed by atoms with E-state index in [1.54, 1.807) is 18.2 Å². The Labute approximate surface area is 108 Å². The Bertz CT molecular complexity index is 555. The monoisotopic (exact) mass is 264 g/mol. The molecule has 1 fully saturated rings. The molecule has 1 aliphatic heterocycles. The topological polar surface area (TPSA) is 61.2 Å². The third-order valence-electron chi connectivity index (χ3n) is 3.20. The molecular weight excluding hydrogens is 248 g/mol. The number of rotatable bonds is 4. The van der Waals surface area contributed by atoms with Gasteiger partial charge in [0.05, 0.1) is 22.3 Å². The Hall–Kier alpha value is -1.38. The van der Waals surface area contributed by atoms with Crippen molar-refractivity contribution >= 4 is 9.84 Å². The SMILES string of the molecule is N#Cc1cccc(S(=O)(=O)CCN2CCCC2)c1. The molecule has 0 saturated carbocycles. The predicted octanol–water partition coefficient (Wildman–Crippen LogP) is 1.43. The van der Waals surface area contributed by atoms with E-state index in [1.165, 1.54) is 6.07 Å². The van der Waals surface area contributed by atoms with Crippen molar-refractivity contribution in [2.75, 3.05) is 25.4 Å². The maximum Gasteiger partial charge on any atom is 0.179 e. The minimum absolute atomic E-state index is 0.127. The lowest BCUT2D eigenvalue weighted by atomic mass is 10.2. The minimum Gasteiger partial charge on any atom is -0.302 e. The van der Waals surface area contributed by atoms with E-state index in [4.69, 9.17) is 5.26 Å². The summed E-state index contributed by atoms with van der Waals surface area (Å²) in [4.78, 5) is 2.42. The summed E-state index contributed by atoms with van der Waals surface area (Å²) in [5.41, 5.74) is 0.386. The molecule has 1 aliphatic rings. The summed E-state index contributed by atoms with van der Waals surface area (Å²) in [5.74, 6) is 0.127. The van der Waals surface area contributed by atoms with Crippen LogP contribution in [0.2, 0.25) is 0 Å². The average Bonchev–Trinajstić information content (AvgIpc) is 2.90. The summed E-state index contributed by atoms with van der Waals surface area (Å²) in [6, 6.07) is 8.18. The van der Waals surface area contributed by atoms with E-state index >= 15 is 0 Å². The Morgan fingerprint density at radius 3 is 2.67 bits per heavy atom. The number of benzene rings is 1.